The Hall–Kier alpha value is -2.31. The summed E-state index contributed by atoms with van der Waals surface area (Å²) in [6, 6.07) is 14.7. The molecule has 0 saturated carbocycles. The SMILES string of the molecule is CCOc1ccc(S(=O)(=O)NC2CCc3c([nH]c4ccccc34)C2)cc1. The van der Waals surface area contributed by atoms with Crippen LogP contribution < -0.4 is 9.46 Å². The van der Waals surface area contributed by atoms with Gasteiger partial charge in [-0.1, -0.05) is 18.2 Å². The van der Waals surface area contributed by atoms with E-state index in [1.807, 2.05) is 19.1 Å². The number of hydrogen-bond donors (Lipinski definition) is 2. The Kier molecular flexibility index (Phi) is 4.46. The summed E-state index contributed by atoms with van der Waals surface area (Å²) >= 11 is 0. The van der Waals surface area contributed by atoms with Crippen LogP contribution in [0.4, 0.5) is 0 Å². The van der Waals surface area contributed by atoms with Crippen LogP contribution in [0.5, 0.6) is 5.75 Å². The molecule has 0 aliphatic heterocycles. The minimum absolute atomic E-state index is 0.105. The maximum Gasteiger partial charge on any atom is 0.240 e. The Balaban J connectivity index is 1.52. The number of rotatable bonds is 5. The third-order valence-electron chi connectivity index (χ3n) is 4.86. The predicted molar refractivity (Wildman–Crippen MR) is 102 cm³/mol. The Morgan fingerprint density at radius 1 is 1.15 bits per heavy atom. The van der Waals surface area contributed by atoms with Gasteiger partial charge in [0.1, 0.15) is 5.75 Å². The number of aromatic nitrogens is 1. The average Bonchev–Trinajstić information content (AvgIpc) is 3.00. The van der Waals surface area contributed by atoms with Gasteiger partial charge in [-0.2, -0.15) is 0 Å². The standard InChI is InChI=1S/C20H22N2O3S/c1-2-25-15-8-10-16(11-9-15)26(23,24)22-14-7-12-18-17-5-3-4-6-19(17)21-20(18)13-14/h3-6,8-11,14,21-22H,2,7,12-13H2,1H3. The number of aromatic amines is 1. The van der Waals surface area contributed by atoms with Crippen molar-refractivity contribution in [1.82, 2.24) is 9.71 Å². The van der Waals surface area contributed by atoms with Gasteiger partial charge in [-0.15, -0.1) is 0 Å². The first-order chi connectivity index (χ1) is 12.6. The van der Waals surface area contributed by atoms with Crippen LogP contribution in [0.1, 0.15) is 24.6 Å². The first-order valence-electron chi connectivity index (χ1n) is 8.90. The van der Waals surface area contributed by atoms with Gasteiger partial charge in [-0.05, 0) is 55.7 Å². The topological polar surface area (TPSA) is 71.2 Å². The molecule has 26 heavy (non-hydrogen) atoms. The van der Waals surface area contributed by atoms with Crippen LogP contribution in [-0.4, -0.2) is 26.1 Å². The smallest absolute Gasteiger partial charge is 0.240 e. The van der Waals surface area contributed by atoms with Gasteiger partial charge in [0.05, 0.1) is 11.5 Å². The highest BCUT2D eigenvalue weighted by Gasteiger charge is 2.26. The van der Waals surface area contributed by atoms with E-state index >= 15 is 0 Å². The number of benzene rings is 2. The zero-order valence-corrected chi connectivity index (χ0v) is 15.5. The van der Waals surface area contributed by atoms with Crippen molar-refractivity contribution in [3.8, 4) is 5.75 Å². The van der Waals surface area contributed by atoms with E-state index in [9.17, 15) is 8.42 Å². The molecule has 1 aliphatic carbocycles. The van der Waals surface area contributed by atoms with Crippen LogP contribution in [0, 0.1) is 0 Å². The molecule has 0 spiro atoms. The summed E-state index contributed by atoms with van der Waals surface area (Å²) < 4.78 is 33.6. The molecule has 0 bridgehead atoms. The lowest BCUT2D eigenvalue weighted by Gasteiger charge is -2.23. The van der Waals surface area contributed by atoms with Crippen LogP contribution in [0.25, 0.3) is 10.9 Å². The summed E-state index contributed by atoms with van der Waals surface area (Å²) in [7, 11) is -3.54. The molecule has 4 rings (SSSR count). The predicted octanol–water partition coefficient (Wildman–Crippen LogP) is 3.40. The van der Waals surface area contributed by atoms with Crippen molar-refractivity contribution in [2.45, 2.75) is 37.1 Å². The number of nitrogens with one attached hydrogen (secondary N) is 2. The van der Waals surface area contributed by atoms with Gasteiger partial charge in [0.25, 0.3) is 0 Å². The van der Waals surface area contributed by atoms with Crippen LogP contribution in [0.2, 0.25) is 0 Å². The van der Waals surface area contributed by atoms with Gasteiger partial charge in [-0.3, -0.25) is 0 Å². The fourth-order valence-electron chi connectivity index (χ4n) is 3.65. The Morgan fingerprint density at radius 3 is 2.69 bits per heavy atom. The molecule has 0 fully saturated rings. The van der Waals surface area contributed by atoms with Crippen molar-refractivity contribution in [3.05, 3.63) is 59.8 Å². The van der Waals surface area contributed by atoms with Crippen molar-refractivity contribution in [2.24, 2.45) is 0 Å². The number of aryl methyl sites for hydroxylation is 1. The highest BCUT2D eigenvalue weighted by Crippen LogP contribution is 2.29. The summed E-state index contributed by atoms with van der Waals surface area (Å²) in [5, 5.41) is 1.25. The monoisotopic (exact) mass is 370 g/mol. The van der Waals surface area contributed by atoms with Gasteiger partial charge < -0.3 is 9.72 Å². The number of ether oxygens (including phenoxy) is 1. The average molecular weight is 370 g/mol. The summed E-state index contributed by atoms with van der Waals surface area (Å²) in [5.41, 5.74) is 3.57. The molecule has 136 valence electrons. The Morgan fingerprint density at radius 2 is 1.92 bits per heavy atom. The number of sulfonamides is 1. The van der Waals surface area contributed by atoms with E-state index < -0.39 is 10.0 Å². The molecule has 2 N–H and O–H groups in total. The molecule has 1 aromatic heterocycles. The van der Waals surface area contributed by atoms with E-state index in [1.165, 1.54) is 10.9 Å². The maximum absolute atomic E-state index is 12.7. The van der Waals surface area contributed by atoms with E-state index in [0.29, 0.717) is 18.8 Å². The Bertz CT molecular complexity index is 1020. The summed E-state index contributed by atoms with van der Waals surface area (Å²) in [5.74, 6) is 0.673. The van der Waals surface area contributed by atoms with Gasteiger partial charge in [0, 0.05) is 29.1 Å². The van der Waals surface area contributed by atoms with Crippen molar-refractivity contribution in [2.75, 3.05) is 6.61 Å². The van der Waals surface area contributed by atoms with Gasteiger partial charge in [-0.25, -0.2) is 13.1 Å². The molecule has 1 atom stereocenters. The normalized spacial score (nSPS) is 17.2. The first-order valence-corrected chi connectivity index (χ1v) is 10.4. The molecule has 2 aromatic carbocycles. The number of hydrogen-bond acceptors (Lipinski definition) is 3. The van der Waals surface area contributed by atoms with Crippen molar-refractivity contribution in [1.29, 1.82) is 0 Å². The molecule has 6 heteroatoms. The second-order valence-electron chi connectivity index (χ2n) is 6.59. The quantitative estimate of drug-likeness (QED) is 0.723. The molecule has 0 radical (unpaired) electrons. The summed E-state index contributed by atoms with van der Waals surface area (Å²) in [6.07, 6.45) is 2.35. The van der Waals surface area contributed by atoms with E-state index in [-0.39, 0.29) is 10.9 Å². The summed E-state index contributed by atoms with van der Waals surface area (Å²) in [6.45, 7) is 2.45. The lowest BCUT2D eigenvalue weighted by molar-refractivity contribution is 0.340. The second kappa shape index (κ2) is 6.78. The largest absolute Gasteiger partial charge is 0.494 e. The van der Waals surface area contributed by atoms with Crippen molar-refractivity contribution in [3.63, 3.8) is 0 Å². The highest BCUT2D eigenvalue weighted by atomic mass is 32.2. The number of fused-ring (bicyclic) bond motifs is 3. The van der Waals surface area contributed by atoms with Crippen LogP contribution in [0.15, 0.2) is 53.4 Å². The van der Waals surface area contributed by atoms with Crippen LogP contribution in [0.3, 0.4) is 0 Å². The zero-order valence-electron chi connectivity index (χ0n) is 14.7. The maximum atomic E-state index is 12.7. The molecular weight excluding hydrogens is 348 g/mol. The minimum Gasteiger partial charge on any atom is -0.494 e. The fraction of sp³-hybridized carbons (Fsp3) is 0.300. The second-order valence-corrected chi connectivity index (χ2v) is 8.31. The number of H-pyrrole nitrogens is 1. The molecular formula is C20H22N2O3S. The molecule has 3 aromatic rings. The van der Waals surface area contributed by atoms with Crippen LogP contribution in [-0.2, 0) is 22.9 Å². The van der Waals surface area contributed by atoms with Crippen molar-refractivity contribution >= 4 is 20.9 Å². The Labute approximate surface area is 153 Å². The van der Waals surface area contributed by atoms with E-state index in [0.717, 1.165) is 24.1 Å². The van der Waals surface area contributed by atoms with Gasteiger partial charge >= 0.3 is 0 Å². The minimum atomic E-state index is -3.54. The third-order valence-corrected chi connectivity index (χ3v) is 6.40. The highest BCUT2D eigenvalue weighted by molar-refractivity contribution is 7.89. The molecule has 5 nitrogen and oxygen atoms in total. The molecule has 1 unspecified atom stereocenters. The first kappa shape index (κ1) is 17.1. The molecule has 0 amide bonds. The van der Waals surface area contributed by atoms with E-state index in [2.05, 4.69) is 21.8 Å². The molecule has 1 heterocycles. The lowest BCUT2D eigenvalue weighted by Crippen LogP contribution is -2.38. The molecule has 0 saturated heterocycles. The van der Waals surface area contributed by atoms with Gasteiger partial charge in [0.2, 0.25) is 10.0 Å². The van der Waals surface area contributed by atoms with Crippen LogP contribution >= 0.6 is 0 Å². The third kappa shape index (κ3) is 3.22. The zero-order chi connectivity index (χ0) is 18.1. The van der Waals surface area contributed by atoms with Crippen molar-refractivity contribution < 1.29 is 13.2 Å². The summed E-state index contributed by atoms with van der Waals surface area (Å²) in [4.78, 5) is 3.71. The molecule has 1 aliphatic rings. The van der Waals surface area contributed by atoms with Gasteiger partial charge in [0.15, 0.2) is 0 Å². The number of para-hydroxylation sites is 1. The van der Waals surface area contributed by atoms with E-state index in [1.54, 1.807) is 24.3 Å². The fourth-order valence-corrected chi connectivity index (χ4v) is 4.92. The van der Waals surface area contributed by atoms with E-state index in [4.69, 9.17) is 4.74 Å². The lowest BCUT2D eigenvalue weighted by atomic mass is 9.92.